The number of anilines is 2. The average molecular weight is 557 g/mol. The van der Waals surface area contributed by atoms with E-state index in [-0.39, 0.29) is 17.8 Å². The van der Waals surface area contributed by atoms with Gasteiger partial charge in [0, 0.05) is 11.4 Å². The molecule has 0 saturated carbocycles. The molecule has 9 nitrogen and oxygen atoms in total. The first-order valence-corrected chi connectivity index (χ1v) is 13.2. The van der Waals surface area contributed by atoms with Gasteiger partial charge < -0.3 is 19.3 Å². The predicted octanol–water partition coefficient (Wildman–Crippen LogP) is 4.02. The lowest BCUT2D eigenvalue weighted by atomic mass is 9.51. The van der Waals surface area contributed by atoms with Crippen molar-refractivity contribution in [3.8, 4) is 12.1 Å². The minimum atomic E-state index is -2.24. The lowest BCUT2D eigenvalue weighted by Crippen LogP contribution is -2.67. The van der Waals surface area contributed by atoms with Gasteiger partial charge in [0.1, 0.15) is 11.1 Å². The van der Waals surface area contributed by atoms with E-state index in [2.05, 4.69) is 12.1 Å². The number of benzene rings is 3. The summed E-state index contributed by atoms with van der Waals surface area (Å²) in [5, 5.41) is 22.1. The lowest BCUT2D eigenvalue weighted by molar-refractivity contribution is -0.142. The van der Waals surface area contributed by atoms with Crippen molar-refractivity contribution in [2.24, 2.45) is 5.41 Å². The maximum absolute atomic E-state index is 15.1. The Morgan fingerprint density at radius 1 is 0.857 bits per heavy atom. The molecule has 3 aromatic carbocycles. The third-order valence-corrected chi connectivity index (χ3v) is 8.29. The first-order valence-electron chi connectivity index (χ1n) is 13.2. The van der Waals surface area contributed by atoms with Crippen LogP contribution in [0.15, 0.2) is 96.2 Å². The fourth-order valence-electron chi connectivity index (χ4n) is 6.57. The Morgan fingerprint density at radius 2 is 1.48 bits per heavy atom. The van der Waals surface area contributed by atoms with Crippen LogP contribution >= 0.6 is 0 Å². The molecule has 0 N–H and O–H groups in total. The molecule has 3 aliphatic heterocycles. The normalized spacial score (nSPS) is 21.1. The molecule has 2 atom stereocenters. The van der Waals surface area contributed by atoms with Crippen LogP contribution in [-0.4, -0.2) is 38.1 Å². The Labute approximate surface area is 242 Å². The quantitative estimate of drug-likeness (QED) is 0.442. The van der Waals surface area contributed by atoms with E-state index in [1.54, 1.807) is 60.7 Å². The number of fused-ring (bicyclic) bond motifs is 5. The van der Waals surface area contributed by atoms with Gasteiger partial charge in [-0.05, 0) is 28.8 Å². The molecule has 1 spiro atoms. The van der Waals surface area contributed by atoms with Crippen LogP contribution < -0.4 is 9.80 Å². The van der Waals surface area contributed by atoms with Crippen molar-refractivity contribution >= 4 is 35.3 Å². The highest BCUT2D eigenvalue weighted by Crippen LogP contribution is 2.63. The Balaban J connectivity index is 1.78. The molecule has 42 heavy (non-hydrogen) atoms. The summed E-state index contributed by atoms with van der Waals surface area (Å²) >= 11 is 0. The molecule has 0 radical (unpaired) electrons. The molecular weight excluding hydrogens is 532 g/mol. The van der Waals surface area contributed by atoms with Crippen molar-refractivity contribution in [3.63, 3.8) is 0 Å². The van der Waals surface area contributed by atoms with E-state index >= 15 is 4.79 Å². The summed E-state index contributed by atoms with van der Waals surface area (Å²) in [5.41, 5.74) is -2.54. The Kier molecular flexibility index (Phi) is 6.17. The molecule has 1 amide bonds. The zero-order valence-electron chi connectivity index (χ0n) is 22.8. The molecule has 206 valence electrons. The predicted molar refractivity (Wildman–Crippen MR) is 152 cm³/mol. The number of esters is 2. The Hall–Kier alpha value is -5.67. The Morgan fingerprint density at radius 3 is 2.14 bits per heavy atom. The molecule has 3 aromatic rings. The number of para-hydroxylation sites is 2. The van der Waals surface area contributed by atoms with Crippen LogP contribution in [0.3, 0.4) is 0 Å². The molecule has 0 aromatic heterocycles. The van der Waals surface area contributed by atoms with E-state index in [9.17, 15) is 20.1 Å². The van der Waals surface area contributed by atoms with Crippen molar-refractivity contribution in [1.82, 2.24) is 0 Å². The molecule has 3 heterocycles. The molecule has 9 heteroatoms. The Bertz CT molecular complexity index is 1780. The van der Waals surface area contributed by atoms with Crippen LogP contribution in [0.5, 0.6) is 0 Å². The van der Waals surface area contributed by atoms with Gasteiger partial charge in [0.25, 0.3) is 0 Å². The zero-order valence-corrected chi connectivity index (χ0v) is 22.8. The summed E-state index contributed by atoms with van der Waals surface area (Å²) in [6.45, 7) is 0.0977. The number of hydrogen-bond donors (Lipinski definition) is 0. The van der Waals surface area contributed by atoms with Crippen LogP contribution in [0.25, 0.3) is 6.08 Å². The third-order valence-electron chi connectivity index (χ3n) is 8.29. The number of nitrogens with zero attached hydrogens (tertiary/aromatic N) is 4. The van der Waals surface area contributed by atoms with E-state index in [0.29, 0.717) is 16.9 Å². The smallest absolute Gasteiger partial charge is 0.355 e. The zero-order chi connectivity index (χ0) is 29.6. The summed E-state index contributed by atoms with van der Waals surface area (Å²) in [7, 11) is 2.29. The van der Waals surface area contributed by atoms with Gasteiger partial charge in [0.05, 0.1) is 44.5 Å². The van der Waals surface area contributed by atoms with E-state index in [4.69, 9.17) is 9.47 Å². The minimum absolute atomic E-state index is 0.0977. The van der Waals surface area contributed by atoms with Crippen LogP contribution in [0.2, 0.25) is 0 Å². The van der Waals surface area contributed by atoms with Gasteiger partial charge in [0.2, 0.25) is 5.91 Å². The highest BCUT2D eigenvalue weighted by molar-refractivity contribution is 6.20. The number of rotatable bonds is 4. The second-order valence-corrected chi connectivity index (χ2v) is 10.1. The van der Waals surface area contributed by atoms with Crippen molar-refractivity contribution < 1.29 is 23.9 Å². The first-order chi connectivity index (χ1) is 20.4. The van der Waals surface area contributed by atoms with Gasteiger partial charge in [-0.3, -0.25) is 4.79 Å². The van der Waals surface area contributed by atoms with E-state index in [0.717, 1.165) is 12.7 Å². The molecule has 3 aliphatic rings. The van der Waals surface area contributed by atoms with Crippen molar-refractivity contribution in [2.75, 3.05) is 24.0 Å². The summed E-state index contributed by atoms with van der Waals surface area (Å²) in [4.78, 5) is 45.7. The highest BCUT2D eigenvalue weighted by Gasteiger charge is 2.75. The van der Waals surface area contributed by atoms with E-state index in [1.165, 1.54) is 16.9 Å². The van der Waals surface area contributed by atoms with E-state index < -0.39 is 40.3 Å². The number of carbonyl (C=O) groups is 3. The SMILES string of the molecule is COC(=O)C1=C(C(=O)OC)[C@]2(C(=O)N(Cc3ccccc3)c3ccccc32)C(C#N)(C#N)[C@H]2C=Cc3ccccc3N12. The maximum atomic E-state index is 15.1. The molecule has 0 bridgehead atoms. The molecule has 0 saturated heterocycles. The van der Waals surface area contributed by atoms with Crippen LogP contribution in [0.4, 0.5) is 11.4 Å². The van der Waals surface area contributed by atoms with Crippen molar-refractivity contribution in [3.05, 3.63) is 113 Å². The van der Waals surface area contributed by atoms with Gasteiger partial charge in [-0.25, -0.2) is 9.59 Å². The fourth-order valence-corrected chi connectivity index (χ4v) is 6.57. The highest BCUT2D eigenvalue weighted by atomic mass is 16.5. The first kappa shape index (κ1) is 26.5. The van der Waals surface area contributed by atoms with Gasteiger partial charge in [-0.2, -0.15) is 10.5 Å². The van der Waals surface area contributed by atoms with Gasteiger partial charge in [-0.1, -0.05) is 78.9 Å². The number of methoxy groups -OCH3 is 2. The molecule has 0 unspecified atom stereocenters. The maximum Gasteiger partial charge on any atom is 0.355 e. The van der Waals surface area contributed by atoms with Gasteiger partial charge in [0.15, 0.2) is 5.41 Å². The molecule has 0 aliphatic carbocycles. The standard InChI is InChI=1S/C33H24N4O5/c1-41-29(38)27-28(30(39)42-2)37-24-14-8-6-12-22(24)16-17-26(37)32(19-34,20-35)33(27)23-13-7-9-15-25(23)36(31(33)40)18-21-10-4-3-5-11-21/h3-17,26H,18H2,1-2H3/t26-,33-/m1/s1. The number of nitriles is 2. The molecular formula is C33H24N4O5. The number of carbonyl (C=O) groups excluding carboxylic acids is 3. The summed E-state index contributed by atoms with van der Waals surface area (Å²) in [6, 6.07) is 26.2. The third kappa shape index (κ3) is 3.25. The van der Waals surface area contributed by atoms with Crippen LogP contribution in [0.1, 0.15) is 16.7 Å². The van der Waals surface area contributed by atoms with Crippen molar-refractivity contribution in [2.45, 2.75) is 18.0 Å². The second kappa shape index (κ2) is 9.76. The minimum Gasteiger partial charge on any atom is -0.466 e. The largest absolute Gasteiger partial charge is 0.466 e. The van der Waals surface area contributed by atoms with Gasteiger partial charge >= 0.3 is 11.9 Å². The molecule has 6 rings (SSSR count). The fraction of sp³-hybridized carbons (Fsp3) is 0.182. The summed E-state index contributed by atoms with van der Waals surface area (Å²) in [5.74, 6) is -2.63. The second-order valence-electron chi connectivity index (χ2n) is 10.1. The number of ether oxygens (including phenoxy) is 2. The number of amides is 1. The topological polar surface area (TPSA) is 124 Å². The summed E-state index contributed by atoms with van der Waals surface area (Å²) in [6.07, 6.45) is 3.38. The monoisotopic (exact) mass is 556 g/mol. The van der Waals surface area contributed by atoms with Gasteiger partial charge in [-0.15, -0.1) is 0 Å². The molecule has 0 fully saturated rings. The van der Waals surface area contributed by atoms with Crippen LogP contribution in [0, 0.1) is 28.1 Å². The van der Waals surface area contributed by atoms with Crippen molar-refractivity contribution in [1.29, 1.82) is 10.5 Å². The van der Waals surface area contributed by atoms with E-state index in [1.807, 2.05) is 30.3 Å². The van der Waals surface area contributed by atoms with Crippen LogP contribution in [-0.2, 0) is 35.8 Å². The lowest BCUT2D eigenvalue weighted by Gasteiger charge is -2.53. The number of hydrogen-bond acceptors (Lipinski definition) is 8. The average Bonchev–Trinajstić information content (AvgIpc) is 3.28. The summed E-state index contributed by atoms with van der Waals surface area (Å²) < 4.78 is 10.4.